The third kappa shape index (κ3) is 3.41. The number of aromatic nitrogens is 2. The van der Waals surface area contributed by atoms with Crippen molar-refractivity contribution in [3.8, 4) is 0 Å². The molecule has 0 aliphatic carbocycles. The van der Waals surface area contributed by atoms with Crippen LogP contribution >= 0.6 is 0 Å². The maximum absolute atomic E-state index is 11.5. The predicted octanol–water partition coefficient (Wildman–Crippen LogP) is 1.74. The number of rotatable bonds is 2. The molecule has 0 saturated carbocycles. The molecular weight excluding hydrogens is 218 g/mol. The van der Waals surface area contributed by atoms with E-state index in [1.54, 1.807) is 6.92 Å². The second-order valence-electron chi connectivity index (χ2n) is 5.21. The van der Waals surface area contributed by atoms with Gasteiger partial charge in [0.2, 0.25) is 0 Å². The topological polar surface area (TPSA) is 78.1 Å². The van der Waals surface area contributed by atoms with E-state index < -0.39 is 5.97 Å². The predicted molar refractivity (Wildman–Crippen MR) is 65.7 cm³/mol. The van der Waals surface area contributed by atoms with Crippen molar-refractivity contribution in [3.05, 3.63) is 17.1 Å². The minimum Gasteiger partial charge on any atom is -0.465 e. The van der Waals surface area contributed by atoms with E-state index in [0.29, 0.717) is 17.9 Å². The number of carbonyl (C=O) groups excluding carboxylic acids is 1. The zero-order chi connectivity index (χ0) is 13.2. The zero-order valence-electron chi connectivity index (χ0n) is 11.0. The number of hydrogen-bond acceptors (Lipinski definition) is 5. The van der Waals surface area contributed by atoms with Gasteiger partial charge >= 0.3 is 5.97 Å². The van der Waals surface area contributed by atoms with Crippen LogP contribution < -0.4 is 5.73 Å². The average molecular weight is 237 g/mol. The summed E-state index contributed by atoms with van der Waals surface area (Å²) in [5.41, 5.74) is 6.65. The van der Waals surface area contributed by atoms with Gasteiger partial charge in [-0.1, -0.05) is 20.8 Å². The van der Waals surface area contributed by atoms with Gasteiger partial charge in [0, 0.05) is 6.42 Å². The third-order valence-corrected chi connectivity index (χ3v) is 2.24. The summed E-state index contributed by atoms with van der Waals surface area (Å²) in [5, 5.41) is 0. The van der Waals surface area contributed by atoms with E-state index in [2.05, 4.69) is 35.5 Å². The van der Waals surface area contributed by atoms with E-state index in [9.17, 15) is 4.79 Å². The Morgan fingerprint density at radius 1 is 1.35 bits per heavy atom. The van der Waals surface area contributed by atoms with E-state index in [1.165, 1.54) is 7.11 Å². The van der Waals surface area contributed by atoms with E-state index in [0.717, 1.165) is 0 Å². The minimum absolute atomic E-state index is 0.0751. The van der Waals surface area contributed by atoms with Crippen molar-refractivity contribution in [2.45, 2.75) is 34.1 Å². The number of hydrogen-bond donors (Lipinski definition) is 1. The highest BCUT2D eigenvalue weighted by Crippen LogP contribution is 2.21. The number of aryl methyl sites for hydroxylation is 1. The van der Waals surface area contributed by atoms with Crippen molar-refractivity contribution >= 4 is 11.8 Å². The molecule has 0 saturated heterocycles. The molecule has 0 aromatic carbocycles. The Morgan fingerprint density at radius 3 is 2.35 bits per heavy atom. The van der Waals surface area contributed by atoms with Gasteiger partial charge in [-0.2, -0.15) is 0 Å². The quantitative estimate of drug-likeness (QED) is 0.793. The molecule has 2 N–H and O–H groups in total. The van der Waals surface area contributed by atoms with E-state index >= 15 is 0 Å². The lowest BCUT2D eigenvalue weighted by Crippen LogP contribution is -2.17. The number of methoxy groups -OCH3 is 1. The Morgan fingerprint density at radius 2 is 1.94 bits per heavy atom. The summed E-state index contributed by atoms with van der Waals surface area (Å²) in [7, 11) is 1.31. The molecule has 0 fully saturated rings. The number of nitrogen functional groups attached to an aromatic ring is 1. The normalized spacial score (nSPS) is 11.4. The van der Waals surface area contributed by atoms with Crippen molar-refractivity contribution in [1.82, 2.24) is 9.97 Å². The summed E-state index contributed by atoms with van der Waals surface area (Å²) in [6.45, 7) is 8.01. The maximum atomic E-state index is 11.5. The summed E-state index contributed by atoms with van der Waals surface area (Å²) in [4.78, 5) is 19.9. The number of esters is 1. The first-order valence-corrected chi connectivity index (χ1v) is 5.46. The number of nitrogens with zero attached hydrogens (tertiary/aromatic N) is 2. The molecule has 5 nitrogen and oxygen atoms in total. The second-order valence-corrected chi connectivity index (χ2v) is 5.21. The van der Waals surface area contributed by atoms with Gasteiger partial charge in [-0.25, -0.2) is 14.8 Å². The highest BCUT2D eigenvalue weighted by atomic mass is 16.5. The Kier molecular flexibility index (Phi) is 3.70. The van der Waals surface area contributed by atoms with Gasteiger partial charge in [0.25, 0.3) is 0 Å². The van der Waals surface area contributed by atoms with Gasteiger partial charge in [0.1, 0.15) is 17.2 Å². The molecule has 1 heterocycles. The lowest BCUT2D eigenvalue weighted by Gasteiger charge is -2.17. The molecule has 0 aliphatic heterocycles. The van der Waals surface area contributed by atoms with Gasteiger partial charge in [0.15, 0.2) is 0 Å². The molecule has 0 radical (unpaired) electrons. The van der Waals surface area contributed by atoms with Gasteiger partial charge in [-0.3, -0.25) is 0 Å². The Labute approximate surface area is 101 Å². The molecule has 0 unspecified atom stereocenters. The van der Waals surface area contributed by atoms with Crippen LogP contribution in [0.4, 0.5) is 5.82 Å². The molecule has 5 heteroatoms. The molecule has 1 rings (SSSR count). The Hall–Kier alpha value is -1.65. The van der Waals surface area contributed by atoms with Crippen LogP contribution in [-0.4, -0.2) is 23.0 Å². The van der Waals surface area contributed by atoms with Gasteiger partial charge in [0.05, 0.1) is 12.8 Å². The summed E-state index contributed by atoms with van der Waals surface area (Å²) < 4.78 is 4.64. The summed E-state index contributed by atoms with van der Waals surface area (Å²) in [6.07, 6.45) is 0.708. The van der Waals surface area contributed by atoms with Crippen molar-refractivity contribution in [2.75, 3.05) is 12.8 Å². The van der Waals surface area contributed by atoms with E-state index in [-0.39, 0.29) is 16.8 Å². The SMILES string of the molecule is COC(=O)c1c(C)nc(CC(C)(C)C)nc1N. The number of ether oxygens (including phenoxy) is 1. The first-order chi connectivity index (χ1) is 7.74. The van der Waals surface area contributed by atoms with Crippen LogP contribution in [0.2, 0.25) is 0 Å². The molecular formula is C12H19N3O2. The highest BCUT2D eigenvalue weighted by molar-refractivity contribution is 5.95. The smallest absolute Gasteiger partial charge is 0.343 e. The van der Waals surface area contributed by atoms with Crippen molar-refractivity contribution in [2.24, 2.45) is 5.41 Å². The Balaban J connectivity index is 3.14. The minimum atomic E-state index is -0.498. The fourth-order valence-electron chi connectivity index (χ4n) is 1.56. The van der Waals surface area contributed by atoms with Crippen LogP contribution in [0, 0.1) is 12.3 Å². The molecule has 94 valence electrons. The fraction of sp³-hybridized carbons (Fsp3) is 0.583. The molecule has 1 aromatic rings. The van der Waals surface area contributed by atoms with Gasteiger partial charge < -0.3 is 10.5 Å². The maximum Gasteiger partial charge on any atom is 0.343 e. The average Bonchev–Trinajstić information content (AvgIpc) is 2.13. The molecule has 1 aromatic heterocycles. The van der Waals surface area contributed by atoms with Crippen LogP contribution in [-0.2, 0) is 11.2 Å². The van der Waals surface area contributed by atoms with Crippen molar-refractivity contribution in [3.63, 3.8) is 0 Å². The van der Waals surface area contributed by atoms with Gasteiger partial charge in [-0.15, -0.1) is 0 Å². The van der Waals surface area contributed by atoms with Crippen LogP contribution in [0.3, 0.4) is 0 Å². The van der Waals surface area contributed by atoms with Crippen LogP contribution in [0.25, 0.3) is 0 Å². The zero-order valence-corrected chi connectivity index (χ0v) is 11.0. The van der Waals surface area contributed by atoms with Gasteiger partial charge in [-0.05, 0) is 12.3 Å². The number of nitrogens with two attached hydrogens (primary N) is 1. The Bertz CT molecular complexity index is 413. The molecule has 0 aliphatic rings. The van der Waals surface area contributed by atoms with Crippen molar-refractivity contribution < 1.29 is 9.53 Å². The van der Waals surface area contributed by atoms with Crippen LogP contribution in [0.1, 0.15) is 42.6 Å². The number of carbonyl (C=O) groups is 1. The lowest BCUT2D eigenvalue weighted by molar-refractivity contribution is 0.0600. The second kappa shape index (κ2) is 4.69. The van der Waals surface area contributed by atoms with E-state index in [1.807, 2.05) is 0 Å². The molecule has 0 atom stereocenters. The molecule has 0 amide bonds. The first-order valence-electron chi connectivity index (χ1n) is 5.46. The van der Waals surface area contributed by atoms with E-state index in [4.69, 9.17) is 5.73 Å². The molecule has 0 spiro atoms. The summed E-state index contributed by atoms with van der Waals surface area (Å²) in [6, 6.07) is 0. The number of anilines is 1. The highest BCUT2D eigenvalue weighted by Gasteiger charge is 2.20. The summed E-state index contributed by atoms with van der Waals surface area (Å²) >= 11 is 0. The van der Waals surface area contributed by atoms with Crippen molar-refractivity contribution in [1.29, 1.82) is 0 Å². The standard InChI is InChI=1S/C12H19N3O2/c1-7-9(11(16)17-5)10(13)15-8(14-7)6-12(2,3)4/h6H2,1-5H3,(H2,13,14,15). The molecule has 17 heavy (non-hydrogen) atoms. The fourth-order valence-corrected chi connectivity index (χ4v) is 1.56. The molecule has 0 bridgehead atoms. The summed E-state index contributed by atoms with van der Waals surface area (Å²) in [5.74, 6) is 0.339. The lowest BCUT2D eigenvalue weighted by atomic mass is 9.92. The van der Waals surface area contributed by atoms with Crippen LogP contribution in [0.5, 0.6) is 0 Å². The van der Waals surface area contributed by atoms with Crippen LogP contribution in [0.15, 0.2) is 0 Å². The first kappa shape index (κ1) is 13.4. The monoisotopic (exact) mass is 237 g/mol. The largest absolute Gasteiger partial charge is 0.465 e. The third-order valence-electron chi connectivity index (χ3n) is 2.24.